The number of rotatable bonds is 3. The van der Waals surface area contributed by atoms with Gasteiger partial charge in [-0.1, -0.05) is 0 Å². The van der Waals surface area contributed by atoms with Crippen molar-refractivity contribution in [2.24, 2.45) is 17.1 Å². The first-order valence-corrected chi connectivity index (χ1v) is 6.80. The molecule has 2 heterocycles. The van der Waals surface area contributed by atoms with Crippen LogP contribution < -0.4 is 11.1 Å². The highest BCUT2D eigenvalue weighted by Crippen LogP contribution is 2.30. The van der Waals surface area contributed by atoms with Crippen LogP contribution in [0.3, 0.4) is 0 Å². The van der Waals surface area contributed by atoms with E-state index < -0.39 is 0 Å². The first-order chi connectivity index (χ1) is 8.51. The van der Waals surface area contributed by atoms with Gasteiger partial charge in [-0.3, -0.25) is 9.59 Å². The maximum Gasteiger partial charge on any atom is 0.229 e. The molecule has 5 nitrogen and oxygen atoms in total. The molecule has 102 valence electrons. The molecule has 0 aliphatic carbocycles. The Labute approximate surface area is 108 Å². The Bertz CT molecular complexity index is 329. The van der Waals surface area contributed by atoms with Gasteiger partial charge in [0.05, 0.1) is 5.41 Å². The Hall–Kier alpha value is -1.10. The molecule has 2 aliphatic rings. The van der Waals surface area contributed by atoms with Gasteiger partial charge < -0.3 is 16.0 Å². The number of nitrogens with two attached hydrogens (primary N) is 1. The zero-order chi connectivity index (χ0) is 13.2. The molecule has 0 spiro atoms. The van der Waals surface area contributed by atoms with Gasteiger partial charge in [-0.15, -0.1) is 0 Å². The van der Waals surface area contributed by atoms with Gasteiger partial charge in [0.2, 0.25) is 11.8 Å². The van der Waals surface area contributed by atoms with Crippen LogP contribution in [0.1, 0.15) is 32.6 Å². The lowest BCUT2D eigenvalue weighted by Gasteiger charge is -2.36. The summed E-state index contributed by atoms with van der Waals surface area (Å²) in [4.78, 5) is 25.3. The van der Waals surface area contributed by atoms with Crippen LogP contribution in [0.2, 0.25) is 0 Å². The molecule has 5 heteroatoms. The fourth-order valence-electron chi connectivity index (χ4n) is 3.01. The lowest BCUT2D eigenvalue weighted by Crippen LogP contribution is -2.47. The highest BCUT2D eigenvalue weighted by Gasteiger charge is 2.40. The molecule has 1 unspecified atom stereocenters. The lowest BCUT2D eigenvalue weighted by molar-refractivity contribution is -0.141. The van der Waals surface area contributed by atoms with E-state index in [1.165, 1.54) is 0 Å². The van der Waals surface area contributed by atoms with Crippen molar-refractivity contribution in [1.29, 1.82) is 0 Å². The third-order valence-corrected chi connectivity index (χ3v) is 4.28. The molecule has 18 heavy (non-hydrogen) atoms. The second-order valence-electron chi connectivity index (χ2n) is 5.89. The average Bonchev–Trinajstić information content (AvgIpc) is 2.77. The van der Waals surface area contributed by atoms with Gasteiger partial charge in [0, 0.05) is 26.1 Å². The third kappa shape index (κ3) is 2.83. The molecule has 0 bridgehead atoms. The molecule has 3 N–H and O–H groups in total. The minimum Gasteiger partial charge on any atom is -0.370 e. The van der Waals surface area contributed by atoms with Crippen LogP contribution in [-0.4, -0.2) is 42.9 Å². The Balaban J connectivity index is 1.86. The standard InChI is InChI=1S/C13H23N3O2/c1-13(4-5-15-9-13)12(18)16-6-2-10(3-7-16)8-11(14)17/h10,15H,2-9H2,1H3,(H2,14,17). The van der Waals surface area contributed by atoms with Gasteiger partial charge in [0.15, 0.2) is 0 Å². The monoisotopic (exact) mass is 253 g/mol. The smallest absolute Gasteiger partial charge is 0.229 e. The number of carbonyl (C=O) groups excluding carboxylic acids is 2. The van der Waals surface area contributed by atoms with Crippen LogP contribution in [0.25, 0.3) is 0 Å². The lowest BCUT2D eigenvalue weighted by atomic mass is 9.86. The molecule has 2 amide bonds. The number of nitrogens with one attached hydrogen (secondary N) is 1. The van der Waals surface area contributed by atoms with Crippen molar-refractivity contribution in [3.63, 3.8) is 0 Å². The van der Waals surface area contributed by atoms with Crippen molar-refractivity contribution >= 4 is 11.8 Å². The second kappa shape index (κ2) is 5.26. The van der Waals surface area contributed by atoms with E-state index in [9.17, 15) is 9.59 Å². The van der Waals surface area contributed by atoms with Gasteiger partial charge in [0.1, 0.15) is 0 Å². The van der Waals surface area contributed by atoms with Crippen molar-refractivity contribution in [2.75, 3.05) is 26.2 Å². The summed E-state index contributed by atoms with van der Waals surface area (Å²) >= 11 is 0. The van der Waals surface area contributed by atoms with Crippen LogP contribution in [-0.2, 0) is 9.59 Å². The number of hydrogen-bond acceptors (Lipinski definition) is 3. The third-order valence-electron chi connectivity index (χ3n) is 4.28. The largest absolute Gasteiger partial charge is 0.370 e. The summed E-state index contributed by atoms with van der Waals surface area (Å²) in [6, 6.07) is 0. The summed E-state index contributed by atoms with van der Waals surface area (Å²) in [7, 11) is 0. The first kappa shape index (κ1) is 13.3. The highest BCUT2D eigenvalue weighted by atomic mass is 16.2. The van der Waals surface area contributed by atoms with E-state index in [0.717, 1.165) is 45.4 Å². The van der Waals surface area contributed by atoms with Gasteiger partial charge in [-0.05, 0) is 38.6 Å². The van der Waals surface area contributed by atoms with Crippen LogP contribution in [0.15, 0.2) is 0 Å². The Kier molecular flexibility index (Phi) is 3.90. The van der Waals surface area contributed by atoms with Crippen molar-refractivity contribution in [1.82, 2.24) is 10.2 Å². The van der Waals surface area contributed by atoms with Crippen LogP contribution in [0.5, 0.6) is 0 Å². The Morgan fingerprint density at radius 3 is 2.56 bits per heavy atom. The number of carbonyl (C=O) groups is 2. The maximum atomic E-state index is 12.4. The number of piperidine rings is 1. The topological polar surface area (TPSA) is 75.4 Å². The fraction of sp³-hybridized carbons (Fsp3) is 0.846. The SMILES string of the molecule is CC1(C(=O)N2CCC(CC(N)=O)CC2)CCNC1. The van der Waals surface area contributed by atoms with E-state index in [-0.39, 0.29) is 17.2 Å². The second-order valence-corrected chi connectivity index (χ2v) is 5.89. The zero-order valence-electron chi connectivity index (χ0n) is 11.1. The molecule has 2 fully saturated rings. The molecule has 0 aromatic heterocycles. The van der Waals surface area contributed by atoms with E-state index in [2.05, 4.69) is 5.32 Å². The Morgan fingerprint density at radius 1 is 1.39 bits per heavy atom. The average molecular weight is 253 g/mol. The number of primary amides is 1. The van der Waals surface area contributed by atoms with Crippen molar-refractivity contribution < 1.29 is 9.59 Å². The summed E-state index contributed by atoms with van der Waals surface area (Å²) in [5, 5.41) is 3.26. The normalized spacial score (nSPS) is 29.5. The fourth-order valence-corrected chi connectivity index (χ4v) is 3.01. The minimum atomic E-state index is -0.230. The van der Waals surface area contributed by atoms with E-state index >= 15 is 0 Å². The van der Waals surface area contributed by atoms with Crippen molar-refractivity contribution in [3.8, 4) is 0 Å². The quantitative estimate of drug-likeness (QED) is 0.749. The minimum absolute atomic E-state index is 0.226. The summed E-state index contributed by atoms with van der Waals surface area (Å²) in [6.07, 6.45) is 3.18. The van der Waals surface area contributed by atoms with E-state index in [0.29, 0.717) is 12.3 Å². The molecule has 2 aliphatic heterocycles. The van der Waals surface area contributed by atoms with Crippen molar-refractivity contribution in [2.45, 2.75) is 32.6 Å². The molecular formula is C13H23N3O2. The molecule has 0 aromatic rings. The van der Waals surface area contributed by atoms with Gasteiger partial charge in [-0.25, -0.2) is 0 Å². The van der Waals surface area contributed by atoms with E-state index in [1.807, 2.05) is 11.8 Å². The number of likely N-dealkylation sites (tertiary alicyclic amines) is 1. The predicted molar refractivity (Wildman–Crippen MR) is 68.7 cm³/mol. The molecule has 1 atom stereocenters. The Morgan fingerprint density at radius 2 is 2.06 bits per heavy atom. The van der Waals surface area contributed by atoms with Crippen LogP contribution in [0, 0.1) is 11.3 Å². The van der Waals surface area contributed by atoms with Crippen molar-refractivity contribution in [3.05, 3.63) is 0 Å². The first-order valence-electron chi connectivity index (χ1n) is 6.80. The predicted octanol–water partition coefficient (Wildman–Crippen LogP) is 0.100. The van der Waals surface area contributed by atoms with Crippen LogP contribution in [0.4, 0.5) is 0 Å². The van der Waals surface area contributed by atoms with E-state index in [4.69, 9.17) is 5.73 Å². The zero-order valence-corrected chi connectivity index (χ0v) is 11.1. The highest BCUT2D eigenvalue weighted by molar-refractivity contribution is 5.83. The van der Waals surface area contributed by atoms with Gasteiger partial charge >= 0.3 is 0 Å². The molecular weight excluding hydrogens is 230 g/mol. The summed E-state index contributed by atoms with van der Waals surface area (Å²) in [5.41, 5.74) is 4.98. The molecule has 2 rings (SSSR count). The van der Waals surface area contributed by atoms with Gasteiger partial charge in [-0.2, -0.15) is 0 Å². The van der Waals surface area contributed by atoms with E-state index in [1.54, 1.807) is 0 Å². The summed E-state index contributed by atoms with van der Waals surface area (Å²) in [5.74, 6) is 0.401. The summed E-state index contributed by atoms with van der Waals surface area (Å²) < 4.78 is 0. The number of nitrogens with zero attached hydrogens (tertiary/aromatic N) is 1. The molecule has 0 saturated carbocycles. The number of amides is 2. The maximum absolute atomic E-state index is 12.4. The summed E-state index contributed by atoms with van der Waals surface area (Å²) in [6.45, 7) is 5.30. The number of hydrogen-bond donors (Lipinski definition) is 2. The molecule has 2 saturated heterocycles. The van der Waals surface area contributed by atoms with Gasteiger partial charge in [0.25, 0.3) is 0 Å². The molecule has 0 aromatic carbocycles. The molecule has 0 radical (unpaired) electrons. The van der Waals surface area contributed by atoms with Crippen LogP contribution >= 0.6 is 0 Å².